The summed E-state index contributed by atoms with van der Waals surface area (Å²) in [6.07, 6.45) is 4.65. The molecule has 190 valence electrons. The van der Waals surface area contributed by atoms with Crippen LogP contribution in [0.5, 0.6) is 0 Å². The number of pyridine rings is 2. The minimum Gasteiger partial charge on any atom is -0.384 e. The van der Waals surface area contributed by atoms with Gasteiger partial charge in [-0.05, 0) is 69.2 Å². The van der Waals surface area contributed by atoms with Crippen molar-refractivity contribution in [3.05, 3.63) is 42.1 Å². The number of rotatable bonds is 7. The highest BCUT2D eigenvalue weighted by Crippen LogP contribution is 2.38. The molecule has 2 aromatic heterocycles. The number of aromatic nitrogens is 2. The Labute approximate surface area is 207 Å². The molecule has 2 unspecified atom stereocenters. The van der Waals surface area contributed by atoms with E-state index in [9.17, 15) is 13.2 Å². The average Bonchev–Trinajstić information content (AvgIpc) is 3.11. The normalized spacial score (nSPS) is 22.3. The van der Waals surface area contributed by atoms with Gasteiger partial charge in [-0.1, -0.05) is 13.0 Å². The van der Waals surface area contributed by atoms with Crippen molar-refractivity contribution in [3.8, 4) is 0 Å². The second-order valence-corrected chi connectivity index (χ2v) is 11.7. The van der Waals surface area contributed by atoms with E-state index >= 15 is 0 Å². The van der Waals surface area contributed by atoms with Gasteiger partial charge < -0.3 is 14.5 Å². The van der Waals surface area contributed by atoms with Crippen LogP contribution < -0.4 is 14.5 Å². The van der Waals surface area contributed by atoms with Gasteiger partial charge in [0.15, 0.2) is 5.03 Å². The quantitative estimate of drug-likeness (QED) is 0.617. The van der Waals surface area contributed by atoms with E-state index in [1.54, 1.807) is 37.6 Å². The van der Waals surface area contributed by atoms with Gasteiger partial charge in [-0.3, -0.25) is 4.79 Å². The molecule has 4 heterocycles. The highest BCUT2D eigenvalue weighted by molar-refractivity contribution is 7.90. The first-order valence-electron chi connectivity index (χ1n) is 12.1. The number of sulfonamides is 1. The molecule has 0 radical (unpaired) electrons. The van der Waals surface area contributed by atoms with E-state index < -0.39 is 15.9 Å². The molecule has 0 spiro atoms. The third kappa shape index (κ3) is 5.28. The molecule has 4 rings (SSSR count). The van der Waals surface area contributed by atoms with Gasteiger partial charge in [-0.2, -0.15) is 8.42 Å². The SMILES string of the molecule is COCC1CCCN(c2cccc(S(=O)(=O)NC(=O)c3cccnc3N3CCC(C)C3(C)C)n2)C1. The number of anilines is 2. The zero-order chi connectivity index (χ0) is 25.2. The van der Waals surface area contributed by atoms with Crippen molar-refractivity contribution in [3.63, 3.8) is 0 Å². The molecular formula is C25H35N5O4S. The second kappa shape index (κ2) is 10.1. The number of carbonyl (C=O) groups excluding carboxylic acids is 1. The molecule has 35 heavy (non-hydrogen) atoms. The summed E-state index contributed by atoms with van der Waals surface area (Å²) in [6.45, 7) is 9.36. The number of ether oxygens (including phenoxy) is 1. The molecule has 2 fully saturated rings. The Morgan fingerprint density at radius 3 is 2.71 bits per heavy atom. The Hall–Kier alpha value is -2.72. The maximum Gasteiger partial charge on any atom is 0.281 e. The lowest BCUT2D eigenvalue weighted by atomic mass is 9.90. The van der Waals surface area contributed by atoms with Crippen LogP contribution in [0.3, 0.4) is 0 Å². The highest BCUT2D eigenvalue weighted by Gasteiger charge is 2.40. The van der Waals surface area contributed by atoms with Gasteiger partial charge in [0.05, 0.1) is 12.2 Å². The fourth-order valence-corrected chi connectivity index (χ4v) is 5.93. The average molecular weight is 502 g/mol. The number of carbonyl (C=O) groups is 1. The number of hydrogen-bond donors (Lipinski definition) is 1. The first-order valence-corrected chi connectivity index (χ1v) is 13.6. The standard InChI is InChI=1S/C25H35N5O4S/c1-18-12-15-30(25(18,2)3)23-20(9-6-13-26-23)24(31)28-35(32,33)22-11-5-10-21(27-22)29-14-7-8-19(16-29)17-34-4/h5-6,9-11,13,18-19H,7-8,12,14-17H2,1-4H3,(H,28,31). The Morgan fingerprint density at radius 1 is 1.20 bits per heavy atom. The van der Waals surface area contributed by atoms with Crippen molar-refractivity contribution in [1.29, 1.82) is 0 Å². The molecule has 0 saturated carbocycles. The lowest BCUT2D eigenvalue weighted by Crippen LogP contribution is -2.43. The molecule has 9 nitrogen and oxygen atoms in total. The molecular weight excluding hydrogens is 466 g/mol. The summed E-state index contributed by atoms with van der Waals surface area (Å²) in [7, 11) is -2.49. The molecule has 2 aliphatic rings. The fourth-order valence-electron chi connectivity index (χ4n) is 5.00. The molecule has 10 heteroatoms. The van der Waals surface area contributed by atoms with Crippen molar-refractivity contribution >= 4 is 27.6 Å². The van der Waals surface area contributed by atoms with E-state index in [-0.39, 0.29) is 16.1 Å². The van der Waals surface area contributed by atoms with Gasteiger partial charge >= 0.3 is 0 Å². The third-order valence-electron chi connectivity index (χ3n) is 7.43. The molecule has 2 aromatic rings. The summed E-state index contributed by atoms with van der Waals surface area (Å²) in [5.41, 5.74) is 0.0284. The monoisotopic (exact) mass is 501 g/mol. The molecule has 1 amide bonds. The molecule has 2 atom stereocenters. The smallest absolute Gasteiger partial charge is 0.281 e. The largest absolute Gasteiger partial charge is 0.384 e. The van der Waals surface area contributed by atoms with Crippen LogP contribution in [0.4, 0.5) is 11.6 Å². The Morgan fingerprint density at radius 2 is 2.00 bits per heavy atom. The van der Waals surface area contributed by atoms with Crippen LogP contribution in [-0.4, -0.2) is 63.2 Å². The van der Waals surface area contributed by atoms with E-state index in [1.807, 2.05) is 0 Å². The maximum absolute atomic E-state index is 13.2. The van der Waals surface area contributed by atoms with E-state index in [0.29, 0.717) is 30.1 Å². The third-order valence-corrected chi connectivity index (χ3v) is 8.66. The number of nitrogens with zero attached hydrogens (tertiary/aromatic N) is 4. The van der Waals surface area contributed by atoms with Gasteiger partial charge in [0.25, 0.3) is 15.9 Å². The first kappa shape index (κ1) is 25.4. The summed E-state index contributed by atoms with van der Waals surface area (Å²) in [4.78, 5) is 26.2. The van der Waals surface area contributed by atoms with Crippen molar-refractivity contribution in [2.45, 2.75) is 50.6 Å². The molecule has 2 aliphatic heterocycles. The lowest BCUT2D eigenvalue weighted by molar-refractivity contribution is 0.0981. The van der Waals surface area contributed by atoms with Gasteiger partial charge in [-0.15, -0.1) is 0 Å². The summed E-state index contributed by atoms with van der Waals surface area (Å²) in [6, 6.07) is 8.12. The summed E-state index contributed by atoms with van der Waals surface area (Å²) >= 11 is 0. The predicted molar refractivity (Wildman–Crippen MR) is 135 cm³/mol. The minimum atomic E-state index is -4.18. The molecule has 0 aliphatic carbocycles. The van der Waals surface area contributed by atoms with Crippen LogP contribution in [0.25, 0.3) is 0 Å². The molecule has 2 saturated heterocycles. The van der Waals surface area contributed by atoms with Crippen molar-refractivity contribution in [2.24, 2.45) is 11.8 Å². The van der Waals surface area contributed by atoms with Crippen LogP contribution in [0.15, 0.2) is 41.6 Å². The van der Waals surface area contributed by atoms with E-state index in [1.165, 1.54) is 6.07 Å². The Bertz CT molecular complexity index is 1170. The second-order valence-electron chi connectivity index (χ2n) is 10.0. The number of nitrogens with one attached hydrogen (secondary N) is 1. The van der Waals surface area contributed by atoms with E-state index in [2.05, 4.69) is 45.3 Å². The van der Waals surface area contributed by atoms with Crippen LogP contribution in [-0.2, 0) is 14.8 Å². The first-order chi connectivity index (χ1) is 16.6. The van der Waals surface area contributed by atoms with Crippen LogP contribution in [0.1, 0.15) is 50.4 Å². The Balaban J connectivity index is 1.55. The van der Waals surface area contributed by atoms with Crippen LogP contribution in [0.2, 0.25) is 0 Å². The maximum atomic E-state index is 13.2. The number of amides is 1. The summed E-state index contributed by atoms with van der Waals surface area (Å²) in [5, 5.41) is -0.183. The fraction of sp³-hybridized carbons (Fsp3) is 0.560. The van der Waals surface area contributed by atoms with Crippen molar-refractivity contribution in [1.82, 2.24) is 14.7 Å². The van der Waals surface area contributed by atoms with Crippen molar-refractivity contribution in [2.75, 3.05) is 43.2 Å². The zero-order valence-electron chi connectivity index (χ0n) is 20.9. The number of piperidine rings is 1. The minimum absolute atomic E-state index is 0.183. The lowest BCUT2D eigenvalue weighted by Gasteiger charge is -2.36. The molecule has 0 aromatic carbocycles. The summed E-state index contributed by atoms with van der Waals surface area (Å²) < 4.78 is 33.8. The Kier molecular flexibility index (Phi) is 7.32. The number of hydrogen-bond acceptors (Lipinski definition) is 8. The molecule has 1 N–H and O–H groups in total. The van der Waals surface area contributed by atoms with Gasteiger partial charge in [0.2, 0.25) is 0 Å². The highest BCUT2D eigenvalue weighted by atomic mass is 32.2. The van der Waals surface area contributed by atoms with E-state index in [0.717, 1.165) is 38.9 Å². The van der Waals surface area contributed by atoms with Crippen molar-refractivity contribution < 1.29 is 17.9 Å². The van der Waals surface area contributed by atoms with E-state index in [4.69, 9.17) is 4.74 Å². The molecule has 0 bridgehead atoms. The topological polar surface area (TPSA) is 105 Å². The zero-order valence-corrected chi connectivity index (χ0v) is 21.7. The van der Waals surface area contributed by atoms with Crippen LogP contribution in [0, 0.1) is 11.8 Å². The van der Waals surface area contributed by atoms with Gasteiger partial charge in [0, 0.05) is 38.5 Å². The van der Waals surface area contributed by atoms with Gasteiger partial charge in [0.1, 0.15) is 11.6 Å². The number of methoxy groups -OCH3 is 1. The predicted octanol–water partition coefficient (Wildman–Crippen LogP) is 3.08. The van der Waals surface area contributed by atoms with Gasteiger partial charge in [-0.25, -0.2) is 14.7 Å². The van der Waals surface area contributed by atoms with Crippen LogP contribution >= 0.6 is 0 Å². The summed E-state index contributed by atoms with van der Waals surface area (Å²) in [5.74, 6) is 1.14.